The molecule has 4 atom stereocenters. The number of nitrogens with one attached hydrogen (secondary N) is 2. The van der Waals surface area contributed by atoms with Crippen molar-refractivity contribution in [3.05, 3.63) is 17.0 Å². The smallest absolute Gasteiger partial charge is 0.319 e. The molecule has 0 aromatic carbocycles. The van der Waals surface area contributed by atoms with E-state index in [1.165, 1.54) is 6.07 Å². The number of ether oxygens (including phenoxy) is 1. The van der Waals surface area contributed by atoms with Gasteiger partial charge in [0.05, 0.1) is 29.6 Å². The fourth-order valence-electron chi connectivity index (χ4n) is 3.28. The quantitative estimate of drug-likeness (QED) is 0.615. The van der Waals surface area contributed by atoms with E-state index < -0.39 is 47.9 Å². The summed E-state index contributed by atoms with van der Waals surface area (Å²) in [6.07, 6.45) is 0.367. The van der Waals surface area contributed by atoms with Gasteiger partial charge in [0.1, 0.15) is 5.00 Å². The standard InChI is InChI=1S/C14H15N3O6S/c15-14(22)17-10(18)5-3-4-24-12(5)16-11(19)8-6-1-2-7(23-6)9(8)13(20)21/h3-4,6-9H,1-2H2,(H,16,19)(H,20,21)(H3,15,17,18,22)/t6-,7-,8+,9-/m1/s1. The molecule has 0 saturated carbocycles. The van der Waals surface area contributed by atoms with Gasteiger partial charge in [-0.15, -0.1) is 11.3 Å². The largest absolute Gasteiger partial charge is 0.481 e. The monoisotopic (exact) mass is 353 g/mol. The van der Waals surface area contributed by atoms with E-state index in [0.717, 1.165) is 11.3 Å². The van der Waals surface area contributed by atoms with Crippen LogP contribution in [0, 0.1) is 11.8 Å². The second-order valence-corrected chi connectivity index (χ2v) is 6.57. The Balaban J connectivity index is 1.76. The van der Waals surface area contributed by atoms with Crippen molar-refractivity contribution in [1.29, 1.82) is 0 Å². The maximum atomic E-state index is 12.5. The van der Waals surface area contributed by atoms with Crippen LogP contribution in [-0.2, 0) is 14.3 Å². The number of rotatable bonds is 4. The van der Waals surface area contributed by atoms with Crippen LogP contribution in [0.2, 0.25) is 0 Å². The highest BCUT2D eigenvalue weighted by atomic mass is 32.1. The van der Waals surface area contributed by atoms with Crippen molar-refractivity contribution < 1.29 is 29.0 Å². The molecule has 128 valence electrons. The highest BCUT2D eigenvalue weighted by molar-refractivity contribution is 7.14. The number of hydrogen-bond donors (Lipinski definition) is 4. The number of thiophene rings is 1. The van der Waals surface area contributed by atoms with E-state index in [-0.39, 0.29) is 10.6 Å². The Hall–Kier alpha value is -2.46. The van der Waals surface area contributed by atoms with Gasteiger partial charge >= 0.3 is 12.0 Å². The molecule has 2 bridgehead atoms. The third-order valence-electron chi connectivity index (χ3n) is 4.24. The van der Waals surface area contributed by atoms with Gasteiger partial charge in [-0.25, -0.2) is 4.79 Å². The number of carbonyl (C=O) groups is 4. The van der Waals surface area contributed by atoms with Crippen LogP contribution in [0.4, 0.5) is 9.80 Å². The third-order valence-corrected chi connectivity index (χ3v) is 5.07. The predicted octanol–water partition coefficient (Wildman–Crippen LogP) is 0.373. The van der Waals surface area contributed by atoms with Crippen LogP contribution in [0.5, 0.6) is 0 Å². The molecule has 2 fully saturated rings. The summed E-state index contributed by atoms with van der Waals surface area (Å²) in [5, 5.41) is 15.6. The average Bonchev–Trinajstić information content (AvgIpc) is 3.20. The number of amides is 4. The maximum Gasteiger partial charge on any atom is 0.319 e. The van der Waals surface area contributed by atoms with Crippen LogP contribution in [0.3, 0.4) is 0 Å². The molecule has 0 unspecified atom stereocenters. The van der Waals surface area contributed by atoms with E-state index in [0.29, 0.717) is 12.8 Å². The molecule has 0 aliphatic carbocycles. The van der Waals surface area contributed by atoms with Crippen LogP contribution < -0.4 is 16.4 Å². The van der Waals surface area contributed by atoms with Crippen molar-refractivity contribution in [2.75, 3.05) is 5.32 Å². The summed E-state index contributed by atoms with van der Waals surface area (Å²) in [6, 6.07) is 0.431. The number of aliphatic carboxylic acids is 1. The highest BCUT2D eigenvalue weighted by Crippen LogP contribution is 2.44. The molecule has 2 aliphatic rings. The molecule has 1 aromatic rings. The lowest BCUT2D eigenvalue weighted by Gasteiger charge is -2.23. The van der Waals surface area contributed by atoms with Gasteiger partial charge in [0, 0.05) is 0 Å². The number of primary amides is 1. The summed E-state index contributed by atoms with van der Waals surface area (Å²) in [6.45, 7) is 0. The minimum atomic E-state index is -1.07. The van der Waals surface area contributed by atoms with E-state index in [9.17, 15) is 24.3 Å². The third kappa shape index (κ3) is 2.85. The first-order valence-electron chi connectivity index (χ1n) is 7.26. The molecule has 2 saturated heterocycles. The predicted molar refractivity (Wildman–Crippen MR) is 82.5 cm³/mol. The van der Waals surface area contributed by atoms with Gasteiger partial charge in [0.2, 0.25) is 5.91 Å². The molecule has 3 rings (SSSR count). The summed E-state index contributed by atoms with van der Waals surface area (Å²) < 4.78 is 5.55. The molecular formula is C14H15N3O6S. The minimum Gasteiger partial charge on any atom is -0.481 e. The second-order valence-electron chi connectivity index (χ2n) is 5.65. The van der Waals surface area contributed by atoms with Crippen molar-refractivity contribution in [2.24, 2.45) is 17.6 Å². The number of imide groups is 1. The topological polar surface area (TPSA) is 148 Å². The van der Waals surface area contributed by atoms with Gasteiger partial charge in [0.25, 0.3) is 5.91 Å². The zero-order valence-electron chi connectivity index (χ0n) is 12.4. The Kier molecular flexibility index (Phi) is 4.24. The Labute approximate surface area is 140 Å². The van der Waals surface area contributed by atoms with Crippen molar-refractivity contribution in [2.45, 2.75) is 25.0 Å². The number of carboxylic acid groups (broad SMARTS) is 1. The van der Waals surface area contributed by atoms with Gasteiger partial charge in [-0.3, -0.25) is 19.7 Å². The van der Waals surface area contributed by atoms with Crippen LogP contribution in [0.1, 0.15) is 23.2 Å². The van der Waals surface area contributed by atoms with Gasteiger partial charge in [-0.05, 0) is 24.3 Å². The number of urea groups is 1. The molecular weight excluding hydrogens is 338 g/mol. The lowest BCUT2D eigenvalue weighted by atomic mass is 9.79. The Morgan fingerprint density at radius 2 is 1.88 bits per heavy atom. The maximum absolute atomic E-state index is 12.5. The van der Waals surface area contributed by atoms with E-state index >= 15 is 0 Å². The summed E-state index contributed by atoms with van der Waals surface area (Å²) in [5.74, 6) is -4.02. The molecule has 3 heterocycles. The average molecular weight is 353 g/mol. The first-order chi connectivity index (χ1) is 11.4. The van der Waals surface area contributed by atoms with Gasteiger partial charge < -0.3 is 20.9 Å². The number of hydrogen-bond acceptors (Lipinski definition) is 6. The first-order valence-corrected chi connectivity index (χ1v) is 8.14. The van der Waals surface area contributed by atoms with Crippen LogP contribution in [-0.4, -0.2) is 41.1 Å². The SMILES string of the molecule is NC(=O)NC(=O)c1ccsc1NC(=O)[C@@H]1[C@H](C(=O)O)[C@H]2CC[C@H]1O2. The number of nitrogens with two attached hydrogens (primary N) is 1. The molecule has 9 nitrogen and oxygen atoms in total. The van der Waals surface area contributed by atoms with Crippen LogP contribution in [0.25, 0.3) is 0 Å². The second kappa shape index (κ2) is 6.21. The summed E-state index contributed by atoms with van der Waals surface area (Å²) >= 11 is 1.09. The number of carboxylic acids is 1. The van der Waals surface area contributed by atoms with Crippen molar-refractivity contribution in [3.8, 4) is 0 Å². The summed E-state index contributed by atoms with van der Waals surface area (Å²) in [7, 11) is 0. The zero-order chi connectivity index (χ0) is 17.4. The number of carbonyl (C=O) groups excluding carboxylic acids is 3. The van der Waals surface area contributed by atoms with Gasteiger partial charge in [-0.2, -0.15) is 0 Å². The Morgan fingerprint density at radius 1 is 1.21 bits per heavy atom. The fourth-order valence-corrected chi connectivity index (χ4v) is 4.07. The highest BCUT2D eigenvalue weighted by Gasteiger charge is 2.55. The molecule has 24 heavy (non-hydrogen) atoms. The summed E-state index contributed by atoms with van der Waals surface area (Å²) in [5.41, 5.74) is 4.99. The van der Waals surface area contributed by atoms with E-state index in [1.807, 2.05) is 5.32 Å². The molecule has 2 aliphatic heterocycles. The van der Waals surface area contributed by atoms with Crippen molar-refractivity contribution >= 4 is 40.2 Å². The molecule has 10 heteroatoms. The minimum absolute atomic E-state index is 0.0862. The lowest BCUT2D eigenvalue weighted by Crippen LogP contribution is -2.41. The molecule has 4 amide bonds. The number of anilines is 1. The fraction of sp³-hybridized carbons (Fsp3) is 0.429. The van der Waals surface area contributed by atoms with Gasteiger partial charge in [-0.1, -0.05) is 0 Å². The van der Waals surface area contributed by atoms with E-state index in [1.54, 1.807) is 5.38 Å². The van der Waals surface area contributed by atoms with Crippen molar-refractivity contribution in [1.82, 2.24) is 5.32 Å². The van der Waals surface area contributed by atoms with Gasteiger partial charge in [0.15, 0.2) is 0 Å². The van der Waals surface area contributed by atoms with E-state index in [4.69, 9.17) is 10.5 Å². The Morgan fingerprint density at radius 3 is 2.50 bits per heavy atom. The van der Waals surface area contributed by atoms with E-state index in [2.05, 4.69) is 5.32 Å². The molecule has 0 spiro atoms. The number of fused-ring (bicyclic) bond motifs is 2. The molecule has 0 radical (unpaired) electrons. The van der Waals surface area contributed by atoms with Crippen LogP contribution >= 0.6 is 11.3 Å². The normalized spacial score (nSPS) is 27.7. The first kappa shape index (κ1) is 16.4. The Bertz CT molecular complexity index is 717. The zero-order valence-corrected chi connectivity index (χ0v) is 13.2. The van der Waals surface area contributed by atoms with Crippen LogP contribution in [0.15, 0.2) is 11.4 Å². The lowest BCUT2D eigenvalue weighted by molar-refractivity contribution is -0.147. The van der Waals surface area contributed by atoms with Crippen molar-refractivity contribution in [3.63, 3.8) is 0 Å². The molecule has 1 aromatic heterocycles. The summed E-state index contributed by atoms with van der Waals surface area (Å²) in [4.78, 5) is 46.6. The molecule has 5 N–H and O–H groups in total.